The Bertz CT molecular complexity index is 780. The summed E-state index contributed by atoms with van der Waals surface area (Å²) in [4.78, 5) is 3.77. The third-order valence-electron chi connectivity index (χ3n) is 2.52. The molecule has 1 aromatic carbocycles. The van der Waals surface area contributed by atoms with Crippen LogP contribution in [-0.2, 0) is 9.05 Å². The van der Waals surface area contributed by atoms with Crippen LogP contribution in [-0.4, -0.2) is 13.4 Å². The molecule has 0 bridgehead atoms. The predicted molar refractivity (Wildman–Crippen MR) is 73.2 cm³/mol. The van der Waals surface area contributed by atoms with Crippen molar-refractivity contribution < 1.29 is 13.2 Å². The Morgan fingerprint density at radius 3 is 2.60 bits per heavy atom. The van der Waals surface area contributed by atoms with E-state index in [0.717, 1.165) is 11.8 Å². The number of benzene rings is 1. The van der Waals surface area contributed by atoms with Gasteiger partial charge in [-0.15, -0.1) is 0 Å². The first-order valence-electron chi connectivity index (χ1n) is 5.49. The number of nitriles is 1. The maximum atomic E-state index is 11.1. The van der Waals surface area contributed by atoms with Gasteiger partial charge in [-0.1, -0.05) is 6.07 Å². The maximum absolute atomic E-state index is 11.1. The molecule has 0 fully saturated rings. The Morgan fingerprint density at radius 2 is 2.05 bits per heavy atom. The first-order chi connectivity index (χ1) is 9.40. The minimum atomic E-state index is -3.80. The molecule has 5 nitrogen and oxygen atoms in total. The number of aromatic nitrogens is 1. The van der Waals surface area contributed by atoms with Gasteiger partial charge in [-0.2, -0.15) is 5.26 Å². The molecule has 20 heavy (non-hydrogen) atoms. The van der Waals surface area contributed by atoms with Gasteiger partial charge in [0.2, 0.25) is 5.88 Å². The summed E-state index contributed by atoms with van der Waals surface area (Å²) < 4.78 is 27.7. The van der Waals surface area contributed by atoms with Gasteiger partial charge in [0.05, 0.1) is 17.8 Å². The second-order valence-electron chi connectivity index (χ2n) is 3.96. The van der Waals surface area contributed by atoms with Crippen molar-refractivity contribution in [2.45, 2.75) is 11.8 Å². The molecule has 0 radical (unpaired) electrons. The molecule has 102 valence electrons. The zero-order valence-electron chi connectivity index (χ0n) is 10.4. The van der Waals surface area contributed by atoms with Gasteiger partial charge in [0.15, 0.2) is 0 Å². The number of hydrogen-bond donors (Lipinski definition) is 0. The summed E-state index contributed by atoms with van der Waals surface area (Å²) in [7, 11) is 1.39. The Labute approximate surface area is 120 Å². The first kappa shape index (κ1) is 14.3. The van der Waals surface area contributed by atoms with E-state index in [0.29, 0.717) is 11.3 Å². The lowest BCUT2D eigenvalue weighted by atomic mass is 10.1. The third-order valence-corrected chi connectivity index (χ3v) is 3.86. The number of nitrogens with zero attached hydrogens (tertiary/aromatic N) is 2. The van der Waals surface area contributed by atoms with E-state index in [1.54, 1.807) is 18.2 Å². The average Bonchev–Trinajstić information content (AvgIpc) is 2.41. The molecule has 1 heterocycles. The van der Waals surface area contributed by atoms with Gasteiger partial charge < -0.3 is 4.74 Å². The van der Waals surface area contributed by atoms with E-state index in [9.17, 15) is 8.42 Å². The van der Waals surface area contributed by atoms with Crippen molar-refractivity contribution in [3.05, 3.63) is 47.7 Å². The number of halogens is 1. The molecule has 0 aliphatic rings. The Morgan fingerprint density at radius 1 is 1.30 bits per heavy atom. The van der Waals surface area contributed by atoms with Crippen LogP contribution < -0.4 is 4.74 Å². The van der Waals surface area contributed by atoms with Crippen LogP contribution >= 0.6 is 10.7 Å². The van der Waals surface area contributed by atoms with Crippen molar-refractivity contribution in [1.82, 2.24) is 4.98 Å². The van der Waals surface area contributed by atoms with Gasteiger partial charge in [-0.3, -0.25) is 0 Å². The van der Waals surface area contributed by atoms with Crippen molar-refractivity contribution in [3.8, 4) is 17.7 Å². The zero-order chi connectivity index (χ0) is 14.8. The summed E-state index contributed by atoms with van der Waals surface area (Å²) in [6, 6.07) is 9.73. The molecule has 0 atom stereocenters. The second kappa shape index (κ2) is 5.49. The highest BCUT2D eigenvalue weighted by Crippen LogP contribution is 2.25. The number of aryl methyl sites for hydroxylation is 1. The fraction of sp³-hybridized carbons (Fsp3) is 0.0769. The quantitative estimate of drug-likeness (QED) is 0.814. The highest BCUT2D eigenvalue weighted by atomic mass is 35.7. The standard InChI is InChI=1S/C13H9ClN2O3S/c1-9-2-3-10(7-15)6-12(9)19-13-5-4-11(8-16-13)20(14,17)18/h2-6,8H,1H3. The molecular formula is C13H9ClN2O3S. The minimum Gasteiger partial charge on any atom is -0.439 e. The van der Waals surface area contributed by atoms with E-state index in [1.165, 1.54) is 12.1 Å². The highest BCUT2D eigenvalue weighted by molar-refractivity contribution is 8.13. The first-order valence-corrected chi connectivity index (χ1v) is 7.80. The largest absolute Gasteiger partial charge is 0.439 e. The molecular weight excluding hydrogens is 300 g/mol. The van der Waals surface area contributed by atoms with Gasteiger partial charge in [0.1, 0.15) is 10.6 Å². The topological polar surface area (TPSA) is 80.0 Å². The Hall–Kier alpha value is -2.10. The maximum Gasteiger partial charge on any atom is 0.262 e. The molecule has 0 amide bonds. The van der Waals surface area contributed by atoms with E-state index >= 15 is 0 Å². The van der Waals surface area contributed by atoms with Crippen molar-refractivity contribution >= 4 is 19.7 Å². The van der Waals surface area contributed by atoms with Crippen LogP contribution in [0.2, 0.25) is 0 Å². The van der Waals surface area contributed by atoms with Crippen LogP contribution in [0, 0.1) is 18.3 Å². The summed E-state index contributed by atoms with van der Waals surface area (Å²) in [6.07, 6.45) is 1.11. The van der Waals surface area contributed by atoms with Gasteiger partial charge in [-0.05, 0) is 30.7 Å². The van der Waals surface area contributed by atoms with Crippen molar-refractivity contribution in [2.75, 3.05) is 0 Å². The summed E-state index contributed by atoms with van der Waals surface area (Å²) in [5, 5.41) is 8.84. The van der Waals surface area contributed by atoms with Crippen LogP contribution in [0.15, 0.2) is 41.4 Å². The van der Waals surface area contributed by atoms with Gasteiger partial charge >= 0.3 is 0 Å². The lowest BCUT2D eigenvalue weighted by molar-refractivity contribution is 0.458. The number of ether oxygens (including phenoxy) is 1. The fourth-order valence-corrected chi connectivity index (χ4v) is 2.15. The van der Waals surface area contributed by atoms with Gasteiger partial charge in [0, 0.05) is 16.7 Å². The summed E-state index contributed by atoms with van der Waals surface area (Å²) in [5.74, 6) is 0.699. The van der Waals surface area contributed by atoms with Crippen LogP contribution in [0.1, 0.15) is 11.1 Å². The third kappa shape index (κ3) is 3.26. The van der Waals surface area contributed by atoms with Crippen molar-refractivity contribution in [3.63, 3.8) is 0 Å². The molecule has 0 spiro atoms. The van der Waals surface area contributed by atoms with Gasteiger partial charge in [-0.25, -0.2) is 13.4 Å². The van der Waals surface area contributed by atoms with Crippen LogP contribution in [0.3, 0.4) is 0 Å². The van der Waals surface area contributed by atoms with Gasteiger partial charge in [0.25, 0.3) is 9.05 Å². The molecule has 0 saturated heterocycles. The average molecular weight is 309 g/mol. The molecule has 7 heteroatoms. The van der Waals surface area contributed by atoms with Crippen LogP contribution in [0.25, 0.3) is 0 Å². The molecule has 2 aromatic rings. The lowest BCUT2D eigenvalue weighted by Gasteiger charge is -2.08. The number of pyridine rings is 1. The van der Waals surface area contributed by atoms with E-state index in [1.807, 2.05) is 13.0 Å². The van der Waals surface area contributed by atoms with Crippen molar-refractivity contribution in [1.29, 1.82) is 5.26 Å². The monoisotopic (exact) mass is 308 g/mol. The molecule has 0 saturated carbocycles. The summed E-state index contributed by atoms with van der Waals surface area (Å²) in [6.45, 7) is 1.83. The normalized spacial score (nSPS) is 10.8. The highest BCUT2D eigenvalue weighted by Gasteiger charge is 2.11. The number of rotatable bonds is 3. The molecule has 1 aromatic heterocycles. The Kier molecular flexibility index (Phi) is 3.93. The minimum absolute atomic E-state index is 0.103. The molecule has 0 unspecified atom stereocenters. The molecule has 0 aliphatic carbocycles. The summed E-state index contributed by atoms with van der Waals surface area (Å²) >= 11 is 0. The predicted octanol–water partition coefficient (Wildman–Crippen LogP) is 2.98. The summed E-state index contributed by atoms with van der Waals surface area (Å²) in [5.41, 5.74) is 1.30. The van der Waals surface area contributed by atoms with Crippen LogP contribution in [0.4, 0.5) is 0 Å². The SMILES string of the molecule is Cc1ccc(C#N)cc1Oc1ccc(S(=O)(=O)Cl)cn1. The zero-order valence-corrected chi connectivity index (χ0v) is 11.9. The van der Waals surface area contributed by atoms with E-state index < -0.39 is 9.05 Å². The molecule has 0 aliphatic heterocycles. The molecule has 2 rings (SSSR count). The van der Waals surface area contributed by atoms with Crippen LogP contribution in [0.5, 0.6) is 11.6 Å². The smallest absolute Gasteiger partial charge is 0.262 e. The second-order valence-corrected chi connectivity index (χ2v) is 6.53. The number of hydrogen-bond acceptors (Lipinski definition) is 5. The Balaban J connectivity index is 2.29. The van der Waals surface area contributed by atoms with E-state index in [2.05, 4.69) is 4.98 Å². The van der Waals surface area contributed by atoms with E-state index in [-0.39, 0.29) is 10.8 Å². The fourth-order valence-electron chi connectivity index (χ4n) is 1.46. The van der Waals surface area contributed by atoms with E-state index in [4.69, 9.17) is 20.7 Å². The lowest BCUT2D eigenvalue weighted by Crippen LogP contribution is -1.94. The molecule has 0 N–H and O–H groups in total. The van der Waals surface area contributed by atoms with Crippen molar-refractivity contribution in [2.24, 2.45) is 0 Å².